The van der Waals surface area contributed by atoms with Gasteiger partial charge in [0, 0.05) is 24.1 Å². The highest BCUT2D eigenvalue weighted by Gasteiger charge is 2.51. The molecule has 0 aliphatic heterocycles. The maximum atomic E-state index is 13.0. The van der Waals surface area contributed by atoms with Gasteiger partial charge in [-0.25, -0.2) is 0 Å². The molecule has 1 heterocycles. The van der Waals surface area contributed by atoms with Crippen LogP contribution in [0, 0.1) is 32.6 Å². The van der Waals surface area contributed by atoms with E-state index in [9.17, 15) is 4.79 Å². The van der Waals surface area contributed by atoms with Crippen LogP contribution < -0.4 is 10.1 Å². The minimum absolute atomic E-state index is 0.0547. The van der Waals surface area contributed by atoms with E-state index in [0.29, 0.717) is 24.2 Å². The lowest BCUT2D eigenvalue weighted by Gasteiger charge is -2.55. The summed E-state index contributed by atoms with van der Waals surface area (Å²) >= 11 is 0. The van der Waals surface area contributed by atoms with Crippen LogP contribution in [0.25, 0.3) is 0 Å². The van der Waals surface area contributed by atoms with Gasteiger partial charge in [0.25, 0.3) is 0 Å². The Kier molecular flexibility index (Phi) is 5.90. The van der Waals surface area contributed by atoms with Crippen LogP contribution in [0.2, 0.25) is 0 Å². The van der Waals surface area contributed by atoms with Crippen molar-refractivity contribution in [2.45, 2.75) is 77.8 Å². The first-order valence-electron chi connectivity index (χ1n) is 11.4. The van der Waals surface area contributed by atoms with Crippen LogP contribution in [0.1, 0.15) is 73.5 Å². The maximum Gasteiger partial charge on any atom is 0.222 e. The fourth-order valence-electron chi connectivity index (χ4n) is 5.72. The molecule has 2 aliphatic rings. The maximum absolute atomic E-state index is 13.0. The lowest BCUT2D eigenvalue weighted by atomic mass is 9.53. The molecule has 0 saturated heterocycles. The number of carbonyl (C=O) groups excluding carboxylic acids is 1. The topological polar surface area (TPSA) is 56.1 Å². The standard InChI is InChI=1S/C25H35N3O2/c1-15(28-18(4)16(2)17(3)27-28)14-23(29)26-25-22-9-7-6-8-21(22)24(25)19-10-12-20(30-5)13-11-19/h10-13,15,21-22,24-25H,6-9,14H2,1-5H3,(H,26,29)/t15-,21-,22+,24+,25+/m1/s1. The third-order valence-corrected chi connectivity index (χ3v) is 7.60. The molecule has 5 nitrogen and oxygen atoms in total. The Hall–Kier alpha value is -2.30. The first-order valence-corrected chi connectivity index (χ1v) is 11.4. The van der Waals surface area contributed by atoms with E-state index in [4.69, 9.17) is 4.74 Å². The summed E-state index contributed by atoms with van der Waals surface area (Å²) < 4.78 is 7.34. The van der Waals surface area contributed by atoms with Gasteiger partial charge in [0.2, 0.25) is 5.91 Å². The summed E-state index contributed by atoms with van der Waals surface area (Å²) in [6.45, 7) is 8.30. The number of amides is 1. The number of aromatic nitrogens is 2. The Balaban J connectivity index is 1.46. The molecule has 5 atom stereocenters. The first-order chi connectivity index (χ1) is 14.4. The summed E-state index contributed by atoms with van der Waals surface area (Å²) in [6.07, 6.45) is 5.56. The molecule has 1 aromatic heterocycles. The van der Waals surface area contributed by atoms with Crippen LogP contribution in [0.4, 0.5) is 0 Å². The smallest absolute Gasteiger partial charge is 0.222 e. The zero-order valence-corrected chi connectivity index (χ0v) is 18.9. The normalized spacial score (nSPS) is 26.4. The van der Waals surface area contributed by atoms with Gasteiger partial charge in [-0.1, -0.05) is 25.0 Å². The molecular weight excluding hydrogens is 374 g/mol. The average Bonchev–Trinajstić information content (AvgIpc) is 3.00. The van der Waals surface area contributed by atoms with Crippen molar-refractivity contribution >= 4 is 5.91 Å². The van der Waals surface area contributed by atoms with Crippen LogP contribution in [-0.2, 0) is 4.79 Å². The molecule has 0 bridgehead atoms. The van der Waals surface area contributed by atoms with Gasteiger partial charge >= 0.3 is 0 Å². The largest absolute Gasteiger partial charge is 0.497 e. The third kappa shape index (κ3) is 3.75. The number of hydrogen-bond acceptors (Lipinski definition) is 3. The molecule has 2 aliphatic carbocycles. The molecule has 2 saturated carbocycles. The first kappa shape index (κ1) is 21.0. The second-order valence-corrected chi connectivity index (χ2v) is 9.30. The number of benzene rings is 1. The molecule has 1 aromatic carbocycles. The number of hydrogen-bond donors (Lipinski definition) is 1. The molecule has 2 aromatic rings. The molecule has 2 fully saturated rings. The van der Waals surface area contributed by atoms with Crippen LogP contribution in [0.5, 0.6) is 5.75 Å². The second-order valence-electron chi connectivity index (χ2n) is 9.30. The van der Waals surface area contributed by atoms with Crippen LogP contribution in [0.3, 0.4) is 0 Å². The zero-order chi connectivity index (χ0) is 21.4. The summed E-state index contributed by atoms with van der Waals surface area (Å²) in [5.41, 5.74) is 4.74. The van der Waals surface area contributed by atoms with E-state index in [1.807, 2.05) is 23.7 Å². The molecule has 162 valence electrons. The number of carbonyl (C=O) groups is 1. The number of rotatable bonds is 6. The van der Waals surface area contributed by atoms with E-state index >= 15 is 0 Å². The van der Waals surface area contributed by atoms with Crippen molar-refractivity contribution in [2.24, 2.45) is 11.8 Å². The van der Waals surface area contributed by atoms with Crippen LogP contribution in [-0.4, -0.2) is 28.8 Å². The highest BCUT2D eigenvalue weighted by Crippen LogP contribution is 2.54. The average molecular weight is 410 g/mol. The Morgan fingerprint density at radius 2 is 1.83 bits per heavy atom. The van der Waals surface area contributed by atoms with Crippen LogP contribution >= 0.6 is 0 Å². The number of methoxy groups -OCH3 is 1. The Morgan fingerprint density at radius 1 is 1.17 bits per heavy atom. The van der Waals surface area contributed by atoms with Crippen molar-refractivity contribution in [3.8, 4) is 5.75 Å². The van der Waals surface area contributed by atoms with Gasteiger partial charge in [0.1, 0.15) is 5.75 Å². The molecule has 1 N–H and O–H groups in total. The monoisotopic (exact) mass is 409 g/mol. The SMILES string of the molecule is COc1ccc([C@H]2[C@@H]3CCCC[C@@H]3[C@@H]2NC(=O)C[C@@H](C)n2nc(C)c(C)c2C)cc1. The summed E-state index contributed by atoms with van der Waals surface area (Å²) in [5, 5.41) is 8.07. The predicted octanol–water partition coefficient (Wildman–Crippen LogP) is 4.86. The number of nitrogens with zero attached hydrogens (tertiary/aromatic N) is 2. The summed E-state index contributed by atoms with van der Waals surface area (Å²) in [6, 6.07) is 8.73. The quantitative estimate of drug-likeness (QED) is 0.741. The van der Waals surface area contributed by atoms with Gasteiger partial charge < -0.3 is 10.1 Å². The third-order valence-electron chi connectivity index (χ3n) is 7.60. The molecular formula is C25H35N3O2. The van der Waals surface area contributed by atoms with E-state index in [1.54, 1.807) is 7.11 Å². The van der Waals surface area contributed by atoms with Crippen LogP contribution in [0.15, 0.2) is 24.3 Å². The minimum atomic E-state index is 0.0547. The van der Waals surface area contributed by atoms with Gasteiger partial charge in [-0.15, -0.1) is 0 Å². The van der Waals surface area contributed by atoms with E-state index < -0.39 is 0 Å². The van der Waals surface area contributed by atoms with Crippen molar-refractivity contribution in [3.63, 3.8) is 0 Å². The Bertz CT molecular complexity index is 902. The second kappa shape index (κ2) is 8.44. The van der Waals surface area contributed by atoms with Crippen molar-refractivity contribution in [1.82, 2.24) is 15.1 Å². The van der Waals surface area contributed by atoms with Gasteiger partial charge in [-0.2, -0.15) is 5.10 Å². The molecule has 0 radical (unpaired) electrons. The van der Waals surface area contributed by atoms with Crippen molar-refractivity contribution in [2.75, 3.05) is 7.11 Å². The zero-order valence-electron chi connectivity index (χ0n) is 18.9. The Labute approximate surface area is 180 Å². The predicted molar refractivity (Wildman–Crippen MR) is 119 cm³/mol. The number of aryl methyl sites for hydroxylation is 1. The molecule has 1 amide bonds. The van der Waals surface area contributed by atoms with Crippen molar-refractivity contribution in [3.05, 3.63) is 46.8 Å². The van der Waals surface area contributed by atoms with Gasteiger partial charge in [0.05, 0.1) is 18.8 Å². The summed E-state index contributed by atoms with van der Waals surface area (Å²) in [7, 11) is 1.70. The fraction of sp³-hybridized carbons (Fsp3) is 0.600. The number of nitrogens with one attached hydrogen (secondary N) is 1. The van der Waals surface area contributed by atoms with Gasteiger partial charge in [-0.3, -0.25) is 9.48 Å². The highest BCUT2D eigenvalue weighted by atomic mass is 16.5. The molecule has 30 heavy (non-hydrogen) atoms. The summed E-state index contributed by atoms with van der Waals surface area (Å²) in [4.78, 5) is 13.0. The number of ether oxygens (including phenoxy) is 1. The molecule has 0 unspecified atom stereocenters. The van der Waals surface area contributed by atoms with Crippen molar-refractivity contribution < 1.29 is 9.53 Å². The van der Waals surface area contributed by atoms with Gasteiger partial charge in [0.15, 0.2) is 0 Å². The van der Waals surface area contributed by atoms with Crippen molar-refractivity contribution in [1.29, 1.82) is 0 Å². The van der Waals surface area contributed by atoms with E-state index in [2.05, 4.69) is 43.3 Å². The molecule has 4 rings (SSSR count). The lowest BCUT2D eigenvalue weighted by molar-refractivity contribution is -0.125. The number of fused-ring (bicyclic) bond motifs is 1. The molecule has 0 spiro atoms. The molecule has 5 heteroatoms. The Morgan fingerprint density at radius 3 is 2.43 bits per heavy atom. The highest BCUT2D eigenvalue weighted by molar-refractivity contribution is 5.77. The van der Waals surface area contributed by atoms with E-state index in [0.717, 1.165) is 17.1 Å². The minimum Gasteiger partial charge on any atom is -0.497 e. The van der Waals surface area contributed by atoms with Gasteiger partial charge in [-0.05, 0) is 75.6 Å². The van der Waals surface area contributed by atoms with E-state index in [-0.39, 0.29) is 18.0 Å². The fourth-order valence-corrected chi connectivity index (χ4v) is 5.72. The lowest BCUT2D eigenvalue weighted by Crippen LogP contribution is -2.59. The van der Waals surface area contributed by atoms with E-state index in [1.165, 1.54) is 36.8 Å². The summed E-state index contributed by atoms with van der Waals surface area (Å²) in [5.74, 6) is 2.74.